The third kappa shape index (κ3) is 5.14. The third-order valence-corrected chi connectivity index (χ3v) is 8.89. The Balaban J connectivity index is 1.77. The molecular formula is C20H23N5O3S4. The molecule has 1 amide bonds. The van der Waals surface area contributed by atoms with Crippen LogP contribution in [-0.4, -0.2) is 29.6 Å². The molecule has 12 heteroatoms. The number of carbonyl (C=O) groups excluding carboxylic acids is 1. The highest BCUT2D eigenvalue weighted by molar-refractivity contribution is 7.93. The molecular weight excluding hydrogens is 487 g/mol. The second-order valence-corrected chi connectivity index (χ2v) is 11.3. The second-order valence-electron chi connectivity index (χ2n) is 7.02. The normalized spacial score (nSPS) is 12.1. The van der Waals surface area contributed by atoms with E-state index in [0.29, 0.717) is 11.4 Å². The molecule has 2 N–H and O–H groups in total. The van der Waals surface area contributed by atoms with Crippen molar-refractivity contribution in [1.29, 1.82) is 0 Å². The molecule has 0 bridgehead atoms. The summed E-state index contributed by atoms with van der Waals surface area (Å²) in [6.07, 6.45) is 0. The fourth-order valence-electron chi connectivity index (χ4n) is 2.96. The van der Waals surface area contributed by atoms with Gasteiger partial charge in [-0.25, -0.2) is 18.8 Å². The highest BCUT2D eigenvalue weighted by Crippen LogP contribution is 2.25. The van der Waals surface area contributed by atoms with Gasteiger partial charge in [-0.15, -0.1) is 11.3 Å². The molecule has 2 heterocycles. The number of rotatable bonds is 7. The van der Waals surface area contributed by atoms with Gasteiger partial charge in [0.1, 0.15) is 4.88 Å². The summed E-state index contributed by atoms with van der Waals surface area (Å²) in [6, 6.07) is 6.47. The van der Waals surface area contributed by atoms with E-state index in [1.54, 1.807) is 26.0 Å². The number of amides is 1. The number of thiazole rings is 2. The van der Waals surface area contributed by atoms with E-state index in [1.165, 1.54) is 23.5 Å². The van der Waals surface area contributed by atoms with Crippen molar-refractivity contribution >= 4 is 61.7 Å². The van der Waals surface area contributed by atoms with E-state index in [4.69, 9.17) is 12.2 Å². The molecule has 8 nitrogen and oxygen atoms in total. The van der Waals surface area contributed by atoms with Gasteiger partial charge in [-0.1, -0.05) is 29.0 Å². The van der Waals surface area contributed by atoms with Gasteiger partial charge in [-0.2, -0.15) is 5.10 Å². The average molecular weight is 510 g/mol. The lowest BCUT2D eigenvalue weighted by Crippen LogP contribution is -2.19. The minimum atomic E-state index is -3.80. The number of carbonyl (C=O) groups is 1. The fourth-order valence-corrected chi connectivity index (χ4v) is 6.57. The number of nitrogens with one attached hydrogen (secondary N) is 2. The Morgan fingerprint density at radius 1 is 1.16 bits per heavy atom. The highest BCUT2D eigenvalue weighted by atomic mass is 32.2. The van der Waals surface area contributed by atoms with Gasteiger partial charge >= 0.3 is 0 Å². The number of aryl methyl sites for hydroxylation is 2. The lowest BCUT2D eigenvalue weighted by Gasteiger charge is -2.05. The monoisotopic (exact) mass is 509 g/mol. The first-order chi connectivity index (χ1) is 15.0. The van der Waals surface area contributed by atoms with E-state index in [2.05, 4.69) is 20.2 Å². The molecule has 3 aromatic rings. The first kappa shape index (κ1) is 24.2. The highest BCUT2D eigenvalue weighted by Gasteiger charge is 2.20. The molecule has 170 valence electrons. The summed E-state index contributed by atoms with van der Waals surface area (Å²) in [5.41, 5.74) is 5.53. The lowest BCUT2D eigenvalue weighted by molar-refractivity contribution is 0.0958. The van der Waals surface area contributed by atoms with Crippen LogP contribution in [0, 0.1) is 24.7 Å². The Kier molecular flexibility index (Phi) is 7.28. The first-order valence-electron chi connectivity index (χ1n) is 9.65. The lowest BCUT2D eigenvalue weighted by atomic mass is 10.2. The van der Waals surface area contributed by atoms with Crippen LogP contribution in [0.4, 0.5) is 5.13 Å². The Hall–Kier alpha value is -2.41. The van der Waals surface area contributed by atoms with Crippen molar-refractivity contribution in [3.8, 4) is 0 Å². The molecule has 0 aliphatic rings. The summed E-state index contributed by atoms with van der Waals surface area (Å²) in [5, 5.41) is 4.32. The largest absolute Gasteiger partial charge is 0.327 e. The number of aromatic nitrogens is 2. The molecule has 3 rings (SSSR count). The Morgan fingerprint density at radius 2 is 1.81 bits per heavy atom. The number of nitrogens with zero attached hydrogens (tertiary/aromatic N) is 3. The van der Waals surface area contributed by atoms with E-state index < -0.39 is 15.9 Å². The number of anilines is 1. The van der Waals surface area contributed by atoms with Crippen LogP contribution in [0.2, 0.25) is 0 Å². The van der Waals surface area contributed by atoms with Crippen LogP contribution >= 0.6 is 34.9 Å². The maximum absolute atomic E-state index is 12.7. The summed E-state index contributed by atoms with van der Waals surface area (Å²) in [5.74, 6) is -0.462. The zero-order chi connectivity index (χ0) is 23.6. The molecule has 0 radical (unpaired) electrons. The number of benzene rings is 1. The summed E-state index contributed by atoms with van der Waals surface area (Å²) in [4.78, 5) is 18.2. The zero-order valence-corrected chi connectivity index (χ0v) is 21.5. The molecule has 0 aliphatic carbocycles. The van der Waals surface area contributed by atoms with Crippen LogP contribution in [0.1, 0.15) is 45.3 Å². The number of hydrazone groups is 1. The topological polar surface area (TPSA) is 105 Å². The van der Waals surface area contributed by atoms with E-state index in [1.807, 2.05) is 25.3 Å². The molecule has 2 aromatic heterocycles. The molecule has 0 saturated heterocycles. The van der Waals surface area contributed by atoms with Crippen LogP contribution in [0.3, 0.4) is 0 Å². The van der Waals surface area contributed by atoms with Crippen molar-refractivity contribution in [3.63, 3.8) is 0 Å². The van der Waals surface area contributed by atoms with Crippen molar-refractivity contribution in [2.24, 2.45) is 5.10 Å². The summed E-state index contributed by atoms with van der Waals surface area (Å²) < 4.78 is 30.4. The van der Waals surface area contributed by atoms with Gasteiger partial charge in [-0.3, -0.25) is 9.52 Å². The van der Waals surface area contributed by atoms with E-state index in [9.17, 15) is 13.2 Å². The second kappa shape index (κ2) is 9.61. The molecule has 0 unspecified atom stereocenters. The Morgan fingerprint density at radius 3 is 2.41 bits per heavy atom. The van der Waals surface area contributed by atoms with Crippen LogP contribution in [0.5, 0.6) is 0 Å². The standard InChI is InChI=1S/C20H23N5O3S4/c1-6-25-14(5)16(31-20(25)29)13(4)22-23-18(26)17-12(3)21-19(30-17)24-32(27,28)15-9-7-11(2)8-10-15/h7-10H,6H2,1-5H3,(H,21,24)(H,23,26)/b22-13-. The van der Waals surface area contributed by atoms with Gasteiger partial charge in [0.15, 0.2) is 9.09 Å². The number of hydrogen-bond acceptors (Lipinski definition) is 8. The molecule has 0 saturated carbocycles. The van der Waals surface area contributed by atoms with Gasteiger partial charge in [0.05, 0.1) is 21.2 Å². The van der Waals surface area contributed by atoms with Gasteiger partial charge in [0.2, 0.25) is 0 Å². The third-order valence-electron chi connectivity index (χ3n) is 4.67. The predicted molar refractivity (Wildman–Crippen MR) is 132 cm³/mol. The van der Waals surface area contributed by atoms with Crippen molar-refractivity contribution in [2.75, 3.05) is 4.72 Å². The van der Waals surface area contributed by atoms with Crippen LogP contribution in [0.15, 0.2) is 34.3 Å². The molecule has 0 aliphatic heterocycles. The van der Waals surface area contributed by atoms with Crippen LogP contribution in [-0.2, 0) is 16.6 Å². The summed E-state index contributed by atoms with van der Waals surface area (Å²) in [7, 11) is -3.80. The van der Waals surface area contributed by atoms with Gasteiger partial charge in [0, 0.05) is 12.2 Å². The minimum Gasteiger partial charge on any atom is -0.327 e. The van der Waals surface area contributed by atoms with Gasteiger partial charge < -0.3 is 4.57 Å². The fraction of sp³-hybridized carbons (Fsp3) is 0.300. The molecule has 1 aromatic carbocycles. The van der Waals surface area contributed by atoms with E-state index in [-0.39, 0.29) is 14.9 Å². The molecule has 0 spiro atoms. The van der Waals surface area contributed by atoms with Crippen LogP contribution < -0.4 is 10.1 Å². The first-order valence-corrected chi connectivity index (χ1v) is 13.2. The van der Waals surface area contributed by atoms with Crippen molar-refractivity contribution in [2.45, 2.75) is 46.1 Å². The van der Waals surface area contributed by atoms with Crippen molar-refractivity contribution in [1.82, 2.24) is 15.0 Å². The minimum absolute atomic E-state index is 0.114. The smallest absolute Gasteiger partial charge is 0.283 e. The maximum Gasteiger partial charge on any atom is 0.283 e. The maximum atomic E-state index is 12.7. The molecule has 0 fully saturated rings. The van der Waals surface area contributed by atoms with Gasteiger partial charge in [0.25, 0.3) is 15.9 Å². The van der Waals surface area contributed by atoms with Gasteiger partial charge in [-0.05, 0) is 59.0 Å². The Labute approximate surface area is 200 Å². The van der Waals surface area contributed by atoms with E-state index in [0.717, 1.165) is 38.0 Å². The molecule has 0 atom stereocenters. The van der Waals surface area contributed by atoms with Crippen molar-refractivity contribution in [3.05, 3.63) is 54.9 Å². The summed E-state index contributed by atoms with van der Waals surface area (Å²) in [6.45, 7) is 10.1. The van der Waals surface area contributed by atoms with E-state index >= 15 is 0 Å². The average Bonchev–Trinajstić information content (AvgIpc) is 3.23. The molecule has 32 heavy (non-hydrogen) atoms. The number of sulfonamides is 1. The summed E-state index contributed by atoms with van der Waals surface area (Å²) >= 11 is 7.77. The quantitative estimate of drug-likeness (QED) is 0.274. The number of hydrogen-bond donors (Lipinski definition) is 2. The zero-order valence-electron chi connectivity index (χ0n) is 18.2. The SMILES string of the molecule is CCn1c(C)c(/C(C)=N\NC(=O)c2sc(NS(=O)(=O)c3ccc(C)cc3)nc2C)sc1=S. The van der Waals surface area contributed by atoms with Crippen LogP contribution in [0.25, 0.3) is 0 Å². The Bertz CT molecular complexity index is 1350. The predicted octanol–water partition coefficient (Wildman–Crippen LogP) is 4.64. The van der Waals surface area contributed by atoms with Crippen molar-refractivity contribution < 1.29 is 13.2 Å².